The molecule has 0 radical (unpaired) electrons. The minimum Gasteiger partial charge on any atom is -0.497 e. The molecule has 2 aromatic rings. The van der Waals surface area contributed by atoms with E-state index in [1.807, 2.05) is 29.2 Å². The predicted octanol–water partition coefficient (Wildman–Crippen LogP) is 1.77. The smallest absolute Gasteiger partial charge is 0.243 e. The van der Waals surface area contributed by atoms with Gasteiger partial charge in [-0.15, -0.1) is 0 Å². The van der Waals surface area contributed by atoms with Crippen LogP contribution >= 0.6 is 0 Å². The highest BCUT2D eigenvalue weighted by Crippen LogP contribution is 2.36. The Bertz CT molecular complexity index is 749. The number of ether oxygens (including phenoxy) is 1. The lowest BCUT2D eigenvalue weighted by atomic mass is 9.76. The number of carbonyl (C=O) groups is 1. The van der Waals surface area contributed by atoms with E-state index in [-0.39, 0.29) is 11.8 Å². The van der Waals surface area contributed by atoms with Crippen LogP contribution in [0.15, 0.2) is 30.6 Å². The summed E-state index contributed by atoms with van der Waals surface area (Å²) in [5.74, 6) is 0.936. The van der Waals surface area contributed by atoms with Crippen molar-refractivity contribution in [1.82, 2.24) is 14.9 Å². The van der Waals surface area contributed by atoms with Crippen molar-refractivity contribution in [3.63, 3.8) is 0 Å². The molecule has 6 nitrogen and oxygen atoms in total. The zero-order valence-electron chi connectivity index (χ0n) is 13.8. The number of methoxy groups -OCH3 is 1. The number of aromatic amines is 1. The standard InChI is InChI=1S/C18H22N4O2/c1-24-13-5-3-12(4-6-13)14-9-22(10-15-16(14)21-11-20-15)17(23)18(19)7-2-8-18/h3-6,11,14H,2,7-10,19H2,1H3,(H,20,21). The SMILES string of the molecule is COc1ccc(C2CN(C(=O)C3(N)CCC3)Cc3[nH]cnc32)cc1. The Labute approximate surface area is 141 Å². The summed E-state index contributed by atoms with van der Waals surface area (Å²) >= 11 is 0. The average molecular weight is 326 g/mol. The maximum Gasteiger partial charge on any atom is 0.243 e. The quantitative estimate of drug-likeness (QED) is 0.900. The number of nitrogens with zero attached hydrogens (tertiary/aromatic N) is 2. The van der Waals surface area contributed by atoms with Crippen molar-refractivity contribution in [2.75, 3.05) is 13.7 Å². The molecule has 2 aliphatic rings. The highest BCUT2D eigenvalue weighted by molar-refractivity contribution is 5.87. The van der Waals surface area contributed by atoms with Gasteiger partial charge in [-0.3, -0.25) is 4.79 Å². The number of rotatable bonds is 3. The zero-order chi connectivity index (χ0) is 16.7. The molecule has 1 aliphatic heterocycles. The van der Waals surface area contributed by atoms with E-state index in [0.717, 1.165) is 42.0 Å². The molecule has 1 aromatic heterocycles. The number of carbonyl (C=O) groups excluding carboxylic acids is 1. The molecule has 2 heterocycles. The number of hydrogen-bond acceptors (Lipinski definition) is 4. The Morgan fingerprint density at radius 2 is 2.12 bits per heavy atom. The first-order valence-electron chi connectivity index (χ1n) is 8.35. The van der Waals surface area contributed by atoms with Crippen molar-refractivity contribution < 1.29 is 9.53 Å². The van der Waals surface area contributed by atoms with Gasteiger partial charge in [0, 0.05) is 12.5 Å². The van der Waals surface area contributed by atoms with Gasteiger partial charge in [0.2, 0.25) is 5.91 Å². The first kappa shape index (κ1) is 15.2. The van der Waals surface area contributed by atoms with Crippen LogP contribution in [0.25, 0.3) is 0 Å². The normalized spacial score (nSPS) is 21.8. The average Bonchev–Trinajstić information content (AvgIpc) is 3.06. The summed E-state index contributed by atoms with van der Waals surface area (Å²) in [5.41, 5.74) is 8.74. The Hall–Kier alpha value is -2.34. The topological polar surface area (TPSA) is 84.2 Å². The Morgan fingerprint density at radius 1 is 1.38 bits per heavy atom. The molecule has 1 saturated carbocycles. The number of hydrogen-bond donors (Lipinski definition) is 2. The van der Waals surface area contributed by atoms with Crippen LogP contribution in [0.1, 0.15) is 42.1 Å². The lowest BCUT2D eigenvalue weighted by Gasteiger charge is -2.42. The second-order valence-electron chi connectivity index (χ2n) is 6.79. The summed E-state index contributed by atoms with van der Waals surface area (Å²) in [6.07, 6.45) is 4.31. The number of benzene rings is 1. The lowest BCUT2D eigenvalue weighted by Crippen LogP contribution is -2.60. The summed E-state index contributed by atoms with van der Waals surface area (Å²) < 4.78 is 5.23. The lowest BCUT2D eigenvalue weighted by molar-refractivity contribution is -0.141. The molecular formula is C18H22N4O2. The zero-order valence-corrected chi connectivity index (χ0v) is 13.8. The molecular weight excluding hydrogens is 304 g/mol. The molecule has 1 amide bonds. The van der Waals surface area contributed by atoms with E-state index in [9.17, 15) is 4.79 Å². The van der Waals surface area contributed by atoms with Gasteiger partial charge in [-0.25, -0.2) is 4.98 Å². The van der Waals surface area contributed by atoms with Crippen LogP contribution in [0.5, 0.6) is 5.75 Å². The van der Waals surface area contributed by atoms with Crippen LogP contribution < -0.4 is 10.5 Å². The second-order valence-corrected chi connectivity index (χ2v) is 6.79. The molecule has 4 rings (SSSR count). The van der Waals surface area contributed by atoms with Crippen molar-refractivity contribution in [3.8, 4) is 5.75 Å². The van der Waals surface area contributed by atoms with E-state index >= 15 is 0 Å². The molecule has 0 bridgehead atoms. The van der Waals surface area contributed by atoms with Gasteiger partial charge in [-0.1, -0.05) is 12.1 Å². The highest BCUT2D eigenvalue weighted by atomic mass is 16.5. The number of amides is 1. The summed E-state index contributed by atoms with van der Waals surface area (Å²) in [5, 5.41) is 0. The highest BCUT2D eigenvalue weighted by Gasteiger charge is 2.44. The van der Waals surface area contributed by atoms with Crippen molar-refractivity contribution >= 4 is 5.91 Å². The van der Waals surface area contributed by atoms with Gasteiger partial charge in [0.05, 0.1) is 36.9 Å². The van der Waals surface area contributed by atoms with Gasteiger partial charge >= 0.3 is 0 Å². The fourth-order valence-electron chi connectivity index (χ4n) is 3.66. The first-order chi connectivity index (χ1) is 11.6. The third kappa shape index (κ3) is 2.38. The van der Waals surface area contributed by atoms with Gasteiger partial charge in [0.25, 0.3) is 0 Å². The summed E-state index contributed by atoms with van der Waals surface area (Å²) in [6, 6.07) is 7.96. The van der Waals surface area contributed by atoms with Crippen LogP contribution in [0.2, 0.25) is 0 Å². The first-order valence-corrected chi connectivity index (χ1v) is 8.35. The number of H-pyrrole nitrogens is 1. The largest absolute Gasteiger partial charge is 0.497 e. The number of aromatic nitrogens is 2. The second kappa shape index (κ2) is 5.63. The van der Waals surface area contributed by atoms with Crippen molar-refractivity contribution in [3.05, 3.63) is 47.5 Å². The molecule has 0 spiro atoms. The summed E-state index contributed by atoms with van der Waals surface area (Å²) in [7, 11) is 1.65. The van der Waals surface area contributed by atoms with Gasteiger partial charge in [-0.2, -0.15) is 0 Å². The molecule has 1 aliphatic carbocycles. The van der Waals surface area contributed by atoms with Crippen LogP contribution in [-0.4, -0.2) is 40.0 Å². The van der Waals surface area contributed by atoms with Crippen molar-refractivity contribution in [2.24, 2.45) is 5.73 Å². The van der Waals surface area contributed by atoms with E-state index < -0.39 is 5.54 Å². The van der Waals surface area contributed by atoms with Crippen LogP contribution in [0.4, 0.5) is 0 Å². The molecule has 24 heavy (non-hydrogen) atoms. The fourth-order valence-corrected chi connectivity index (χ4v) is 3.66. The van der Waals surface area contributed by atoms with Crippen LogP contribution in [0.3, 0.4) is 0 Å². The van der Waals surface area contributed by atoms with E-state index in [1.165, 1.54) is 0 Å². The Morgan fingerprint density at radius 3 is 2.75 bits per heavy atom. The van der Waals surface area contributed by atoms with E-state index in [4.69, 9.17) is 10.5 Å². The number of nitrogens with two attached hydrogens (primary N) is 1. The predicted molar refractivity (Wildman–Crippen MR) is 89.6 cm³/mol. The monoisotopic (exact) mass is 326 g/mol. The minimum absolute atomic E-state index is 0.0542. The fraction of sp³-hybridized carbons (Fsp3) is 0.444. The molecule has 1 fully saturated rings. The molecule has 1 aromatic carbocycles. The number of nitrogens with one attached hydrogen (secondary N) is 1. The Balaban J connectivity index is 1.64. The van der Waals surface area contributed by atoms with Crippen molar-refractivity contribution in [1.29, 1.82) is 0 Å². The van der Waals surface area contributed by atoms with E-state index in [1.54, 1.807) is 13.4 Å². The molecule has 6 heteroatoms. The maximum atomic E-state index is 12.9. The van der Waals surface area contributed by atoms with E-state index in [2.05, 4.69) is 9.97 Å². The third-order valence-electron chi connectivity index (χ3n) is 5.31. The minimum atomic E-state index is -0.665. The molecule has 1 unspecified atom stereocenters. The number of imidazole rings is 1. The molecule has 3 N–H and O–H groups in total. The molecule has 126 valence electrons. The van der Waals surface area contributed by atoms with E-state index in [0.29, 0.717) is 13.1 Å². The molecule has 1 atom stereocenters. The van der Waals surface area contributed by atoms with Gasteiger partial charge in [0.15, 0.2) is 0 Å². The van der Waals surface area contributed by atoms with Crippen LogP contribution in [0, 0.1) is 0 Å². The molecule has 0 saturated heterocycles. The summed E-state index contributed by atoms with van der Waals surface area (Å²) in [4.78, 5) is 22.4. The Kier molecular flexibility index (Phi) is 3.57. The number of fused-ring (bicyclic) bond motifs is 1. The third-order valence-corrected chi connectivity index (χ3v) is 5.31. The summed E-state index contributed by atoms with van der Waals surface area (Å²) in [6.45, 7) is 1.17. The van der Waals surface area contributed by atoms with Gasteiger partial charge in [0.1, 0.15) is 5.75 Å². The van der Waals surface area contributed by atoms with Crippen molar-refractivity contribution in [2.45, 2.75) is 37.3 Å². The van der Waals surface area contributed by atoms with Gasteiger partial charge in [-0.05, 0) is 37.0 Å². The van der Waals surface area contributed by atoms with Gasteiger partial charge < -0.3 is 20.4 Å². The van der Waals surface area contributed by atoms with Crippen LogP contribution in [-0.2, 0) is 11.3 Å². The maximum absolute atomic E-state index is 12.9.